The number of hydrogen-bond acceptors (Lipinski definition) is 3. The molecule has 1 aromatic heterocycles. The Hall–Kier alpha value is -3.61. The van der Waals surface area contributed by atoms with E-state index in [2.05, 4.69) is 45.3 Å². The quantitative estimate of drug-likeness (QED) is 0.363. The van der Waals surface area contributed by atoms with Crippen molar-refractivity contribution in [2.75, 3.05) is 23.7 Å². The molecule has 2 aromatic carbocycles. The Morgan fingerprint density at radius 3 is 2.27 bits per heavy atom. The van der Waals surface area contributed by atoms with E-state index < -0.39 is 0 Å². The van der Waals surface area contributed by atoms with Gasteiger partial charge in [0.25, 0.3) is 0 Å². The van der Waals surface area contributed by atoms with Gasteiger partial charge >= 0.3 is 6.03 Å². The van der Waals surface area contributed by atoms with Crippen molar-refractivity contribution in [3.8, 4) is 5.69 Å². The average molecular weight is 504 g/mol. The lowest BCUT2D eigenvalue weighted by molar-refractivity contribution is -0.116. The fourth-order valence-electron chi connectivity index (χ4n) is 3.87. The third-order valence-electron chi connectivity index (χ3n) is 6.45. The molecule has 0 fully saturated rings. The van der Waals surface area contributed by atoms with Crippen molar-refractivity contribution in [1.29, 1.82) is 0 Å². The molecular formula is C30H41N5O2. The second-order valence-electron chi connectivity index (χ2n) is 11.2. The fraction of sp³-hybridized carbons (Fsp3) is 0.433. The van der Waals surface area contributed by atoms with Crippen molar-refractivity contribution in [1.82, 2.24) is 14.7 Å². The molecule has 0 aliphatic heterocycles. The molecule has 0 saturated carbocycles. The van der Waals surface area contributed by atoms with Crippen molar-refractivity contribution < 1.29 is 9.59 Å². The third-order valence-corrected chi connectivity index (χ3v) is 6.45. The molecule has 2 N–H and O–H groups in total. The van der Waals surface area contributed by atoms with Crippen LogP contribution in [0.3, 0.4) is 0 Å². The zero-order chi connectivity index (χ0) is 27.3. The van der Waals surface area contributed by atoms with Crippen LogP contribution in [0.15, 0.2) is 48.5 Å². The van der Waals surface area contributed by atoms with E-state index in [1.54, 1.807) is 9.58 Å². The number of carbonyl (C=O) groups excluding carboxylic acids is 2. The topological polar surface area (TPSA) is 79.3 Å². The van der Waals surface area contributed by atoms with Gasteiger partial charge in [-0.05, 0) is 68.0 Å². The maximum Gasteiger partial charge on any atom is 0.322 e. The molecule has 0 atom stereocenters. The number of nitrogens with one attached hydrogen (secondary N) is 2. The molecule has 0 radical (unpaired) electrons. The molecule has 7 heteroatoms. The summed E-state index contributed by atoms with van der Waals surface area (Å²) in [6.07, 6.45) is 0.795. The van der Waals surface area contributed by atoms with E-state index in [4.69, 9.17) is 5.10 Å². The highest BCUT2D eigenvalue weighted by Crippen LogP contribution is 2.27. The minimum absolute atomic E-state index is 0.0623. The molecule has 3 aromatic rings. The number of hydrogen-bond donors (Lipinski definition) is 2. The summed E-state index contributed by atoms with van der Waals surface area (Å²) >= 11 is 0. The van der Waals surface area contributed by atoms with E-state index in [0.29, 0.717) is 18.3 Å². The van der Waals surface area contributed by atoms with Gasteiger partial charge in [0.05, 0.1) is 11.4 Å². The van der Waals surface area contributed by atoms with Gasteiger partial charge in [0.15, 0.2) is 0 Å². The number of rotatable bonds is 8. The zero-order valence-corrected chi connectivity index (χ0v) is 23.5. The first kappa shape index (κ1) is 28.0. The summed E-state index contributed by atoms with van der Waals surface area (Å²) in [5.74, 6) is 0.716. The summed E-state index contributed by atoms with van der Waals surface area (Å²) in [5, 5.41) is 10.8. The Kier molecular flexibility index (Phi) is 8.79. The maximum absolute atomic E-state index is 13.3. The standard InChI is InChI=1S/C30H41N5O2/c1-20(2)15-16-34(29(37)31-24-14-13-21(3)23(5)17-24)19-28(36)32-27-18-26(30(6,7)8)33-35(27)25-12-10-9-11-22(25)4/h9-14,17-18,20H,15-16,19H2,1-8H3,(H,31,37)(H,32,36). The second kappa shape index (κ2) is 11.6. The van der Waals surface area contributed by atoms with Crippen LogP contribution in [0.5, 0.6) is 0 Å². The van der Waals surface area contributed by atoms with Crippen molar-refractivity contribution in [2.24, 2.45) is 5.92 Å². The van der Waals surface area contributed by atoms with E-state index in [1.807, 2.05) is 69.3 Å². The van der Waals surface area contributed by atoms with Crippen LogP contribution < -0.4 is 10.6 Å². The normalized spacial score (nSPS) is 11.5. The SMILES string of the molecule is Cc1ccc(NC(=O)N(CCC(C)C)CC(=O)Nc2cc(C(C)(C)C)nn2-c2ccccc2C)cc1C. The first-order valence-corrected chi connectivity index (χ1v) is 12.9. The lowest BCUT2D eigenvalue weighted by Gasteiger charge is -2.24. The summed E-state index contributed by atoms with van der Waals surface area (Å²) in [5.41, 5.74) is 5.61. The molecule has 0 aliphatic rings. The van der Waals surface area contributed by atoms with Crippen molar-refractivity contribution >= 4 is 23.4 Å². The maximum atomic E-state index is 13.3. The van der Waals surface area contributed by atoms with Gasteiger partial charge in [0.1, 0.15) is 12.4 Å². The number of para-hydroxylation sites is 1. The lowest BCUT2D eigenvalue weighted by atomic mass is 9.92. The number of carbonyl (C=O) groups is 2. The van der Waals surface area contributed by atoms with Crippen LogP contribution in [-0.2, 0) is 10.2 Å². The van der Waals surface area contributed by atoms with Gasteiger partial charge in [0, 0.05) is 23.7 Å². The van der Waals surface area contributed by atoms with E-state index in [0.717, 1.165) is 40.2 Å². The number of aryl methyl sites for hydroxylation is 3. The van der Waals surface area contributed by atoms with Crippen LogP contribution in [0.1, 0.15) is 63.4 Å². The van der Waals surface area contributed by atoms with E-state index >= 15 is 0 Å². The highest BCUT2D eigenvalue weighted by molar-refractivity contribution is 5.96. The van der Waals surface area contributed by atoms with Gasteiger partial charge in [-0.2, -0.15) is 5.10 Å². The summed E-state index contributed by atoms with van der Waals surface area (Å²) < 4.78 is 1.78. The highest BCUT2D eigenvalue weighted by Gasteiger charge is 2.24. The summed E-state index contributed by atoms with van der Waals surface area (Å²) in [7, 11) is 0. The Morgan fingerprint density at radius 1 is 0.946 bits per heavy atom. The third kappa shape index (κ3) is 7.44. The lowest BCUT2D eigenvalue weighted by Crippen LogP contribution is -2.41. The van der Waals surface area contributed by atoms with Crippen molar-refractivity contribution in [3.63, 3.8) is 0 Å². The number of aromatic nitrogens is 2. The Labute approximate surface area is 221 Å². The number of benzene rings is 2. The minimum atomic E-state index is -0.290. The number of anilines is 2. The molecular weight excluding hydrogens is 462 g/mol. The molecule has 1 heterocycles. The van der Waals surface area contributed by atoms with E-state index in [-0.39, 0.29) is 23.9 Å². The summed E-state index contributed by atoms with van der Waals surface area (Å²) in [6, 6.07) is 15.4. The van der Waals surface area contributed by atoms with Crippen LogP contribution in [0.25, 0.3) is 5.69 Å². The average Bonchev–Trinajstić information content (AvgIpc) is 3.23. The first-order valence-electron chi connectivity index (χ1n) is 12.9. The predicted molar refractivity (Wildman–Crippen MR) is 152 cm³/mol. The van der Waals surface area contributed by atoms with E-state index in [9.17, 15) is 9.59 Å². The second-order valence-corrected chi connectivity index (χ2v) is 11.2. The largest absolute Gasteiger partial charge is 0.322 e. The van der Waals surface area contributed by atoms with Crippen LogP contribution in [0.4, 0.5) is 16.3 Å². The molecule has 37 heavy (non-hydrogen) atoms. The molecule has 0 saturated heterocycles. The fourth-order valence-corrected chi connectivity index (χ4v) is 3.87. The molecule has 0 unspecified atom stereocenters. The number of amides is 3. The first-order chi connectivity index (χ1) is 17.3. The van der Waals surface area contributed by atoms with Gasteiger partial charge in [-0.25, -0.2) is 9.48 Å². The predicted octanol–water partition coefficient (Wildman–Crippen LogP) is 6.61. The number of nitrogens with zero attached hydrogens (tertiary/aromatic N) is 3. The van der Waals surface area contributed by atoms with Crippen molar-refractivity contribution in [3.05, 3.63) is 70.9 Å². The van der Waals surface area contributed by atoms with Crippen molar-refractivity contribution in [2.45, 2.75) is 67.2 Å². The van der Waals surface area contributed by atoms with Gasteiger partial charge in [-0.1, -0.05) is 58.9 Å². The smallest absolute Gasteiger partial charge is 0.315 e. The molecule has 198 valence electrons. The molecule has 3 amide bonds. The Bertz CT molecular complexity index is 1250. The molecule has 0 aliphatic carbocycles. The van der Waals surface area contributed by atoms with E-state index in [1.165, 1.54) is 0 Å². The Morgan fingerprint density at radius 2 is 1.65 bits per heavy atom. The van der Waals surface area contributed by atoms with Crippen LogP contribution >= 0.6 is 0 Å². The monoisotopic (exact) mass is 503 g/mol. The Balaban J connectivity index is 1.83. The number of urea groups is 1. The van der Waals surface area contributed by atoms with Crippen LogP contribution in [0, 0.1) is 26.7 Å². The highest BCUT2D eigenvalue weighted by atomic mass is 16.2. The van der Waals surface area contributed by atoms with Gasteiger partial charge in [0.2, 0.25) is 5.91 Å². The molecule has 0 spiro atoms. The minimum Gasteiger partial charge on any atom is -0.315 e. The molecule has 7 nitrogen and oxygen atoms in total. The van der Waals surface area contributed by atoms with Gasteiger partial charge < -0.3 is 15.5 Å². The van der Waals surface area contributed by atoms with Crippen LogP contribution in [-0.4, -0.2) is 39.7 Å². The summed E-state index contributed by atoms with van der Waals surface area (Å²) in [4.78, 5) is 28.0. The van der Waals surface area contributed by atoms with Crippen LogP contribution in [0.2, 0.25) is 0 Å². The summed E-state index contributed by atoms with van der Waals surface area (Å²) in [6.45, 7) is 17.0. The molecule has 3 rings (SSSR count). The van der Waals surface area contributed by atoms with Gasteiger partial charge in [-0.15, -0.1) is 0 Å². The molecule has 0 bridgehead atoms. The zero-order valence-electron chi connectivity index (χ0n) is 23.5. The van der Waals surface area contributed by atoms with Gasteiger partial charge in [-0.3, -0.25) is 4.79 Å².